The fourth-order valence-electron chi connectivity index (χ4n) is 5.55. The molecule has 0 spiro atoms. The van der Waals surface area contributed by atoms with Gasteiger partial charge in [0.05, 0.1) is 22.8 Å². The van der Waals surface area contributed by atoms with Gasteiger partial charge in [-0.3, -0.25) is 4.79 Å². The van der Waals surface area contributed by atoms with Crippen molar-refractivity contribution < 1.29 is 14.3 Å². The van der Waals surface area contributed by atoms with Gasteiger partial charge in [0.2, 0.25) is 5.91 Å². The number of rotatable bonds is 4. The van der Waals surface area contributed by atoms with E-state index in [0.29, 0.717) is 35.0 Å². The molecule has 1 saturated heterocycles. The smallest absolute Gasteiger partial charge is 0.410 e. The third-order valence-electron chi connectivity index (χ3n) is 7.05. The van der Waals surface area contributed by atoms with Crippen LogP contribution in [0, 0.1) is 17.8 Å². The number of ether oxygens (including phenoxy) is 1. The number of hydrogen-bond donors (Lipinski definition) is 3. The second kappa shape index (κ2) is 8.45. The molecule has 3 heterocycles. The summed E-state index contributed by atoms with van der Waals surface area (Å²) in [6.45, 7) is 6.78. The predicted octanol–water partition coefficient (Wildman–Crippen LogP) is 3.81. The Bertz CT molecular complexity index is 1160. The Labute approximate surface area is 203 Å². The van der Waals surface area contributed by atoms with E-state index >= 15 is 0 Å². The standard InChI is InChI=1S/C24H31ClN6O3/c1-24(2,3)34-23(33)31-8-4-5-14(11-31)21-29-19-18(15(25)10-27-22(19)30-21)28-17-13-7-6-12(9-13)16(17)20(26)32/h6-7,10,12-14,16-17H,4-5,8-9,11H2,1-3H3,(H2,26,32)(H2,27,28,29,30)/t12-,13-,14?,16+,17-/m1/s1. The Kier molecular flexibility index (Phi) is 5.70. The molecule has 5 atom stereocenters. The second-order valence-corrected chi connectivity index (χ2v) is 11.0. The summed E-state index contributed by atoms with van der Waals surface area (Å²) >= 11 is 6.56. The van der Waals surface area contributed by atoms with Gasteiger partial charge in [0.1, 0.15) is 16.9 Å². The maximum atomic E-state index is 12.6. The minimum Gasteiger partial charge on any atom is -0.444 e. The van der Waals surface area contributed by atoms with Crippen LogP contribution in [0.2, 0.25) is 5.02 Å². The van der Waals surface area contributed by atoms with Gasteiger partial charge in [0.15, 0.2) is 5.65 Å². The Morgan fingerprint density at radius 1 is 1.29 bits per heavy atom. The number of nitrogens with zero attached hydrogens (tertiary/aromatic N) is 3. The van der Waals surface area contributed by atoms with Gasteiger partial charge in [0.25, 0.3) is 0 Å². The SMILES string of the molecule is CC(C)(C)OC(=O)N1CCCC(c2nc3ncc(Cl)c(N[C@H]4[C@@H](C(N)=O)[C@@H]5C=C[C@@H]4C5)c3[nH]2)C1. The molecule has 2 aliphatic carbocycles. The molecular formula is C24H31ClN6O3. The van der Waals surface area contributed by atoms with Crippen molar-refractivity contribution >= 4 is 40.5 Å². The minimum atomic E-state index is -0.539. The fourth-order valence-corrected chi connectivity index (χ4v) is 5.75. The first-order chi connectivity index (χ1) is 16.1. The highest BCUT2D eigenvalue weighted by Gasteiger charge is 2.47. The van der Waals surface area contributed by atoms with E-state index in [1.807, 2.05) is 20.8 Å². The van der Waals surface area contributed by atoms with E-state index in [-0.39, 0.29) is 41.7 Å². The summed E-state index contributed by atoms with van der Waals surface area (Å²) in [5.41, 5.74) is 7.13. The van der Waals surface area contributed by atoms with Crippen molar-refractivity contribution in [2.45, 2.75) is 57.6 Å². The number of piperidine rings is 1. The van der Waals surface area contributed by atoms with Gasteiger partial charge in [-0.25, -0.2) is 14.8 Å². The summed E-state index contributed by atoms with van der Waals surface area (Å²) in [6.07, 6.45) is 8.18. The van der Waals surface area contributed by atoms with Crippen LogP contribution >= 0.6 is 11.6 Å². The van der Waals surface area contributed by atoms with Crippen LogP contribution < -0.4 is 11.1 Å². The first-order valence-corrected chi connectivity index (χ1v) is 12.2. The van der Waals surface area contributed by atoms with Gasteiger partial charge in [0, 0.05) is 25.0 Å². The molecule has 182 valence electrons. The molecule has 3 aliphatic rings. The highest BCUT2D eigenvalue weighted by atomic mass is 35.5. The zero-order valence-corrected chi connectivity index (χ0v) is 20.4. The van der Waals surface area contributed by atoms with Crippen LogP contribution in [-0.2, 0) is 9.53 Å². The van der Waals surface area contributed by atoms with Crippen LogP contribution in [0.4, 0.5) is 10.5 Å². The van der Waals surface area contributed by atoms with E-state index in [2.05, 4.69) is 27.4 Å². The summed E-state index contributed by atoms with van der Waals surface area (Å²) in [4.78, 5) is 39.1. The minimum absolute atomic E-state index is 0.0332. The van der Waals surface area contributed by atoms with Crippen molar-refractivity contribution in [2.75, 3.05) is 18.4 Å². The number of amides is 2. The van der Waals surface area contributed by atoms with Crippen molar-refractivity contribution in [3.63, 3.8) is 0 Å². The van der Waals surface area contributed by atoms with E-state index in [1.54, 1.807) is 11.1 Å². The van der Waals surface area contributed by atoms with Crippen molar-refractivity contribution in [3.8, 4) is 0 Å². The molecule has 2 fully saturated rings. The lowest BCUT2D eigenvalue weighted by atomic mass is 9.88. The van der Waals surface area contributed by atoms with E-state index in [0.717, 1.165) is 25.1 Å². The molecule has 5 rings (SSSR count). The number of imidazole rings is 1. The van der Waals surface area contributed by atoms with Gasteiger partial charge in [-0.2, -0.15) is 0 Å². The Morgan fingerprint density at radius 3 is 2.79 bits per heavy atom. The normalized spacial score (nSPS) is 28.5. The molecule has 0 radical (unpaired) electrons. The number of nitrogens with two attached hydrogens (primary N) is 1. The summed E-state index contributed by atoms with van der Waals surface area (Å²) in [7, 11) is 0. The number of carbonyl (C=O) groups excluding carboxylic acids is 2. The number of hydrogen-bond acceptors (Lipinski definition) is 6. The van der Waals surface area contributed by atoms with E-state index < -0.39 is 5.60 Å². The van der Waals surface area contributed by atoms with Crippen molar-refractivity contribution in [3.05, 3.63) is 29.2 Å². The van der Waals surface area contributed by atoms with E-state index in [1.165, 1.54) is 0 Å². The highest BCUT2D eigenvalue weighted by molar-refractivity contribution is 6.34. The average molecular weight is 487 g/mol. The molecule has 9 nitrogen and oxygen atoms in total. The number of halogens is 1. The summed E-state index contributed by atoms with van der Waals surface area (Å²) in [6, 6.07) is -0.125. The number of aromatic amines is 1. The lowest BCUT2D eigenvalue weighted by molar-refractivity contribution is -0.122. The topological polar surface area (TPSA) is 126 Å². The number of H-pyrrole nitrogens is 1. The van der Waals surface area contributed by atoms with Crippen LogP contribution in [0.1, 0.15) is 51.8 Å². The summed E-state index contributed by atoms with van der Waals surface area (Å²) in [5, 5.41) is 3.96. The molecule has 2 aromatic heterocycles. The number of carbonyl (C=O) groups is 2. The first-order valence-electron chi connectivity index (χ1n) is 11.9. The Morgan fingerprint density at radius 2 is 2.06 bits per heavy atom. The van der Waals surface area contributed by atoms with Crippen molar-refractivity contribution in [1.82, 2.24) is 19.9 Å². The number of primary amides is 1. The molecule has 1 saturated carbocycles. The highest BCUT2D eigenvalue weighted by Crippen LogP contribution is 2.46. The fraction of sp³-hybridized carbons (Fsp3) is 0.583. The predicted molar refractivity (Wildman–Crippen MR) is 130 cm³/mol. The molecule has 34 heavy (non-hydrogen) atoms. The maximum Gasteiger partial charge on any atom is 0.410 e. The van der Waals surface area contributed by atoms with Crippen LogP contribution in [0.25, 0.3) is 11.2 Å². The third kappa shape index (κ3) is 4.21. The maximum absolute atomic E-state index is 12.6. The lowest BCUT2D eigenvalue weighted by Crippen LogP contribution is -2.42. The summed E-state index contributed by atoms with van der Waals surface area (Å²) < 4.78 is 5.56. The molecule has 10 heteroatoms. The van der Waals surface area contributed by atoms with Gasteiger partial charge >= 0.3 is 6.09 Å². The number of aromatic nitrogens is 3. The quantitative estimate of drug-likeness (QED) is 0.564. The zero-order valence-electron chi connectivity index (χ0n) is 19.7. The van der Waals surface area contributed by atoms with Crippen molar-refractivity contribution in [2.24, 2.45) is 23.5 Å². The largest absolute Gasteiger partial charge is 0.444 e. The number of anilines is 1. The molecule has 1 aliphatic heterocycles. The van der Waals surface area contributed by atoms with Crippen molar-refractivity contribution in [1.29, 1.82) is 0 Å². The molecule has 2 aromatic rings. The molecular weight excluding hydrogens is 456 g/mol. The summed E-state index contributed by atoms with van der Waals surface area (Å²) in [5.74, 6) is 0.605. The van der Waals surface area contributed by atoms with E-state index in [9.17, 15) is 9.59 Å². The molecule has 2 bridgehead atoms. The van der Waals surface area contributed by atoms with Gasteiger partial charge in [-0.05, 0) is 51.9 Å². The van der Waals surface area contributed by atoms with Crippen LogP contribution in [0.15, 0.2) is 18.3 Å². The second-order valence-electron chi connectivity index (χ2n) is 10.6. The van der Waals surface area contributed by atoms with Crippen LogP contribution in [0.5, 0.6) is 0 Å². The number of likely N-dealkylation sites (tertiary alicyclic amines) is 1. The Hall–Kier alpha value is -2.81. The molecule has 4 N–H and O–H groups in total. The third-order valence-corrected chi connectivity index (χ3v) is 7.34. The van der Waals surface area contributed by atoms with Crippen LogP contribution in [-0.4, -0.2) is 56.6 Å². The number of allylic oxidation sites excluding steroid dienone is 1. The Balaban J connectivity index is 1.40. The monoisotopic (exact) mass is 486 g/mol. The first kappa shape index (κ1) is 23.0. The number of pyridine rings is 1. The van der Waals surface area contributed by atoms with Gasteiger partial charge in [-0.15, -0.1) is 0 Å². The van der Waals surface area contributed by atoms with Gasteiger partial charge in [-0.1, -0.05) is 23.8 Å². The molecule has 1 unspecified atom stereocenters. The van der Waals surface area contributed by atoms with Gasteiger partial charge < -0.3 is 25.7 Å². The number of fused-ring (bicyclic) bond motifs is 3. The van der Waals surface area contributed by atoms with Crippen LogP contribution in [0.3, 0.4) is 0 Å². The average Bonchev–Trinajstić information content (AvgIpc) is 3.49. The zero-order chi connectivity index (χ0) is 24.2. The number of nitrogens with one attached hydrogen (secondary N) is 2. The van der Waals surface area contributed by atoms with E-state index in [4.69, 9.17) is 27.1 Å². The molecule has 2 amide bonds. The molecule has 0 aromatic carbocycles. The lowest BCUT2D eigenvalue weighted by Gasteiger charge is -2.33.